The number of hydrogen-bond donors (Lipinski definition) is 1. The number of furan rings is 1. The summed E-state index contributed by atoms with van der Waals surface area (Å²) < 4.78 is 9.21. The molecule has 4 rings (SSSR count). The first-order valence-electron chi connectivity index (χ1n) is 8.13. The van der Waals surface area contributed by atoms with Crippen LogP contribution in [0.1, 0.15) is 22.6 Å². The maximum absolute atomic E-state index is 8.65. The molecule has 0 atom stereocenters. The number of rotatable bonds is 3. The summed E-state index contributed by atoms with van der Waals surface area (Å²) in [5, 5.41) is 9.49. The molecule has 0 aliphatic rings. The van der Waals surface area contributed by atoms with Crippen LogP contribution in [-0.2, 0) is 6.54 Å². The summed E-state index contributed by atoms with van der Waals surface area (Å²) in [6.45, 7) is 6.60. The lowest BCUT2D eigenvalue weighted by molar-refractivity contribution is 0.486. The lowest BCUT2D eigenvalue weighted by atomic mass is 10.2. The molecule has 4 aromatic heterocycles. The van der Waals surface area contributed by atoms with Gasteiger partial charge in [0.15, 0.2) is 5.65 Å². The van der Waals surface area contributed by atoms with E-state index < -0.39 is 0 Å². The van der Waals surface area contributed by atoms with E-state index in [9.17, 15) is 0 Å². The van der Waals surface area contributed by atoms with Crippen LogP contribution in [0, 0.1) is 26.2 Å². The van der Waals surface area contributed by atoms with Crippen LogP contribution in [0.15, 0.2) is 47.5 Å². The number of aryl methyl sites for hydroxylation is 2. The van der Waals surface area contributed by atoms with E-state index in [0.29, 0.717) is 12.0 Å². The summed E-state index contributed by atoms with van der Waals surface area (Å²) >= 11 is 0. The van der Waals surface area contributed by atoms with Crippen LogP contribution < -0.4 is 5.49 Å². The summed E-state index contributed by atoms with van der Waals surface area (Å²) in [6, 6.07) is 7.75. The number of nitrogens with one attached hydrogen (secondary N) is 1. The highest BCUT2D eigenvalue weighted by molar-refractivity contribution is 5.82. The standard InChI is InChI=1S/C19H19N5O/c1-12-6-7-21-16(9-12)24-14(3)13(2)17-18(20)23(11-22-19(17)24)10-15-5-4-8-25-15/h4-9,11,20H,10H2,1-3H3. The average molecular weight is 333 g/mol. The quantitative estimate of drug-likeness (QED) is 0.625. The minimum atomic E-state index is 0.424. The first-order valence-corrected chi connectivity index (χ1v) is 8.13. The van der Waals surface area contributed by atoms with E-state index in [1.807, 2.05) is 49.6 Å². The van der Waals surface area contributed by atoms with E-state index in [2.05, 4.69) is 9.97 Å². The molecule has 25 heavy (non-hydrogen) atoms. The van der Waals surface area contributed by atoms with Crippen LogP contribution in [0.3, 0.4) is 0 Å². The molecule has 0 fully saturated rings. The van der Waals surface area contributed by atoms with Gasteiger partial charge in [0, 0.05) is 11.9 Å². The Bertz CT molecular complexity index is 1120. The molecule has 0 saturated heterocycles. The van der Waals surface area contributed by atoms with Crippen molar-refractivity contribution in [1.82, 2.24) is 19.1 Å². The Kier molecular flexibility index (Phi) is 3.53. The number of pyridine rings is 1. The Morgan fingerprint density at radius 2 is 2.00 bits per heavy atom. The molecule has 0 spiro atoms. The fourth-order valence-corrected chi connectivity index (χ4v) is 3.13. The van der Waals surface area contributed by atoms with E-state index in [1.165, 1.54) is 0 Å². The Morgan fingerprint density at radius 3 is 2.72 bits per heavy atom. The first-order chi connectivity index (χ1) is 12.1. The minimum Gasteiger partial charge on any atom is -0.467 e. The van der Waals surface area contributed by atoms with Gasteiger partial charge in [-0.05, 0) is 56.2 Å². The van der Waals surface area contributed by atoms with Crippen LogP contribution in [-0.4, -0.2) is 19.1 Å². The summed E-state index contributed by atoms with van der Waals surface area (Å²) in [4.78, 5) is 9.12. The topological polar surface area (TPSA) is 72.6 Å². The Labute approximate surface area is 144 Å². The van der Waals surface area contributed by atoms with Gasteiger partial charge in [-0.3, -0.25) is 9.98 Å². The van der Waals surface area contributed by atoms with Crippen LogP contribution >= 0.6 is 0 Å². The van der Waals surface area contributed by atoms with Crippen molar-refractivity contribution >= 4 is 11.0 Å². The van der Waals surface area contributed by atoms with Gasteiger partial charge >= 0.3 is 0 Å². The summed E-state index contributed by atoms with van der Waals surface area (Å²) in [7, 11) is 0. The van der Waals surface area contributed by atoms with Crippen LogP contribution in [0.2, 0.25) is 0 Å². The van der Waals surface area contributed by atoms with E-state index in [0.717, 1.165) is 39.4 Å². The largest absolute Gasteiger partial charge is 0.467 e. The maximum atomic E-state index is 8.65. The molecule has 0 radical (unpaired) electrons. The van der Waals surface area contributed by atoms with Gasteiger partial charge in [0.25, 0.3) is 0 Å². The zero-order valence-corrected chi connectivity index (χ0v) is 14.4. The highest BCUT2D eigenvalue weighted by atomic mass is 16.3. The Balaban J connectivity index is 1.94. The third-order valence-corrected chi connectivity index (χ3v) is 4.57. The van der Waals surface area contributed by atoms with E-state index in [-0.39, 0.29) is 0 Å². The van der Waals surface area contributed by atoms with Gasteiger partial charge in [-0.25, -0.2) is 9.97 Å². The summed E-state index contributed by atoms with van der Waals surface area (Å²) in [5.41, 5.74) is 4.41. The first kappa shape index (κ1) is 15.4. The highest BCUT2D eigenvalue weighted by Gasteiger charge is 2.17. The molecule has 126 valence electrons. The number of nitrogens with zero attached hydrogens (tertiary/aromatic N) is 4. The van der Waals surface area contributed by atoms with Crippen molar-refractivity contribution in [3.8, 4) is 5.82 Å². The van der Waals surface area contributed by atoms with Crippen molar-refractivity contribution in [1.29, 1.82) is 5.41 Å². The third-order valence-electron chi connectivity index (χ3n) is 4.57. The molecule has 0 aromatic carbocycles. The summed E-state index contributed by atoms with van der Waals surface area (Å²) in [6.07, 6.45) is 5.13. The van der Waals surface area contributed by atoms with E-state index >= 15 is 0 Å². The zero-order chi connectivity index (χ0) is 17.6. The van der Waals surface area contributed by atoms with Crippen LogP contribution in [0.25, 0.3) is 16.9 Å². The van der Waals surface area contributed by atoms with Gasteiger partial charge in [-0.15, -0.1) is 0 Å². The van der Waals surface area contributed by atoms with Crippen molar-refractivity contribution in [2.24, 2.45) is 0 Å². The molecule has 0 aliphatic heterocycles. The molecular formula is C19H19N5O. The molecule has 0 bridgehead atoms. The fourth-order valence-electron chi connectivity index (χ4n) is 3.13. The Hall–Kier alpha value is -3.15. The molecule has 0 unspecified atom stereocenters. The van der Waals surface area contributed by atoms with Crippen molar-refractivity contribution in [2.75, 3.05) is 0 Å². The van der Waals surface area contributed by atoms with Crippen molar-refractivity contribution in [3.05, 3.63) is 71.1 Å². The molecule has 4 aromatic rings. The van der Waals surface area contributed by atoms with Crippen LogP contribution in [0.5, 0.6) is 0 Å². The van der Waals surface area contributed by atoms with Crippen molar-refractivity contribution in [3.63, 3.8) is 0 Å². The zero-order valence-electron chi connectivity index (χ0n) is 14.4. The predicted octanol–water partition coefficient (Wildman–Crippen LogP) is 3.27. The van der Waals surface area contributed by atoms with Gasteiger partial charge in [-0.2, -0.15) is 0 Å². The number of aromatic nitrogens is 4. The van der Waals surface area contributed by atoms with Gasteiger partial charge < -0.3 is 8.98 Å². The van der Waals surface area contributed by atoms with Gasteiger partial charge in [0.2, 0.25) is 0 Å². The second-order valence-electron chi connectivity index (χ2n) is 6.24. The van der Waals surface area contributed by atoms with Gasteiger partial charge in [0.1, 0.15) is 17.1 Å². The monoisotopic (exact) mass is 333 g/mol. The Morgan fingerprint density at radius 1 is 1.16 bits per heavy atom. The van der Waals surface area contributed by atoms with Crippen molar-refractivity contribution in [2.45, 2.75) is 27.3 Å². The second-order valence-corrected chi connectivity index (χ2v) is 6.24. The highest BCUT2D eigenvalue weighted by Crippen LogP contribution is 2.24. The molecule has 0 saturated carbocycles. The molecule has 0 amide bonds. The maximum Gasteiger partial charge on any atom is 0.151 e. The van der Waals surface area contributed by atoms with Crippen LogP contribution in [0.4, 0.5) is 0 Å². The molecule has 6 heteroatoms. The lowest BCUT2D eigenvalue weighted by Crippen LogP contribution is -2.21. The lowest BCUT2D eigenvalue weighted by Gasteiger charge is -2.08. The molecular weight excluding hydrogens is 314 g/mol. The van der Waals surface area contributed by atoms with E-state index in [1.54, 1.807) is 23.4 Å². The smallest absolute Gasteiger partial charge is 0.151 e. The average Bonchev–Trinajstić information content (AvgIpc) is 3.18. The predicted molar refractivity (Wildman–Crippen MR) is 94.7 cm³/mol. The molecule has 0 aliphatic carbocycles. The number of hydrogen-bond acceptors (Lipinski definition) is 4. The normalized spacial score (nSPS) is 11.3. The second kappa shape index (κ2) is 5.73. The van der Waals surface area contributed by atoms with Gasteiger partial charge in [-0.1, -0.05) is 0 Å². The number of fused-ring (bicyclic) bond motifs is 1. The summed E-state index contributed by atoms with van der Waals surface area (Å²) in [5.74, 6) is 1.63. The fraction of sp³-hybridized carbons (Fsp3) is 0.211. The molecule has 6 nitrogen and oxygen atoms in total. The minimum absolute atomic E-state index is 0.424. The van der Waals surface area contributed by atoms with Crippen molar-refractivity contribution < 1.29 is 4.42 Å². The van der Waals surface area contributed by atoms with Gasteiger partial charge in [0.05, 0.1) is 24.5 Å². The third kappa shape index (κ3) is 2.46. The molecule has 4 heterocycles. The van der Waals surface area contributed by atoms with E-state index in [4.69, 9.17) is 9.83 Å². The molecule has 1 N–H and O–H groups in total. The SMILES string of the molecule is Cc1ccnc(-n2c(C)c(C)c3c(=N)n(Cc4ccco4)cnc32)c1.